The number of ether oxygens (including phenoxy) is 1. The average Bonchev–Trinajstić information content (AvgIpc) is 2.81. The van der Waals surface area contributed by atoms with Gasteiger partial charge >= 0.3 is 0 Å². The number of benzene rings is 1. The second kappa shape index (κ2) is 9.71. The largest absolute Gasteiger partial charge is 0.376 e. The molecule has 2 aliphatic heterocycles. The summed E-state index contributed by atoms with van der Waals surface area (Å²) in [6.07, 6.45) is 3.32. The second-order valence-corrected chi connectivity index (χ2v) is 9.01. The minimum absolute atomic E-state index is 0.0796. The van der Waals surface area contributed by atoms with Crippen molar-refractivity contribution in [2.24, 2.45) is 0 Å². The van der Waals surface area contributed by atoms with Gasteiger partial charge in [-0.3, -0.25) is 4.79 Å². The molecule has 0 spiro atoms. The monoisotopic (exact) mass is 436 g/mol. The van der Waals surface area contributed by atoms with Crippen LogP contribution in [0.5, 0.6) is 0 Å². The number of carbonyl (C=O) groups excluding carboxylic acids is 1. The van der Waals surface area contributed by atoms with Crippen LogP contribution < -0.4 is 4.90 Å². The number of carbonyl (C=O) groups is 1. The highest BCUT2D eigenvalue weighted by Crippen LogP contribution is 2.35. The van der Waals surface area contributed by atoms with E-state index in [1.165, 1.54) is 0 Å². The van der Waals surface area contributed by atoms with Crippen LogP contribution in [0.25, 0.3) is 11.3 Å². The first-order valence-corrected chi connectivity index (χ1v) is 12.2. The molecule has 4 rings (SSSR count). The quantitative estimate of drug-likeness (QED) is 0.715. The lowest BCUT2D eigenvalue weighted by molar-refractivity contribution is -0.133. The van der Waals surface area contributed by atoms with E-state index in [-0.39, 0.29) is 11.9 Å². The molecule has 0 radical (unpaired) electrons. The van der Waals surface area contributed by atoms with Gasteiger partial charge in [0.05, 0.1) is 24.5 Å². The zero-order chi connectivity index (χ0) is 21.8. The van der Waals surface area contributed by atoms with E-state index in [0.29, 0.717) is 44.8 Å². The highest BCUT2D eigenvalue weighted by molar-refractivity contribution is 7.98. The van der Waals surface area contributed by atoms with Gasteiger partial charge in [0.2, 0.25) is 5.91 Å². The minimum Gasteiger partial charge on any atom is -0.376 e. The summed E-state index contributed by atoms with van der Waals surface area (Å²) in [5.41, 5.74) is 4.68. The summed E-state index contributed by atoms with van der Waals surface area (Å²) in [4.78, 5) is 21.8. The van der Waals surface area contributed by atoms with Gasteiger partial charge < -0.3 is 14.5 Å². The Morgan fingerprint density at radius 2 is 2.10 bits per heavy atom. The van der Waals surface area contributed by atoms with Gasteiger partial charge in [-0.2, -0.15) is 17.0 Å². The van der Waals surface area contributed by atoms with Gasteiger partial charge in [-0.1, -0.05) is 30.3 Å². The Hall–Kier alpha value is -2.56. The summed E-state index contributed by atoms with van der Waals surface area (Å²) in [5.74, 6) is 1.80. The molecule has 1 aromatic heterocycles. The number of fused-ring (bicyclic) bond motifs is 1. The van der Waals surface area contributed by atoms with E-state index in [4.69, 9.17) is 9.72 Å². The molecular formula is C24H28N4O2S. The van der Waals surface area contributed by atoms with Crippen LogP contribution in [0.1, 0.15) is 30.0 Å². The Kier molecular flexibility index (Phi) is 6.79. The molecule has 1 atom stereocenters. The average molecular weight is 437 g/mol. The summed E-state index contributed by atoms with van der Waals surface area (Å²) in [6.45, 7) is 5.20. The molecule has 0 bridgehead atoms. The minimum atomic E-state index is 0.0796. The van der Waals surface area contributed by atoms with Crippen molar-refractivity contribution in [1.29, 1.82) is 5.26 Å². The zero-order valence-corrected chi connectivity index (χ0v) is 19.0. The van der Waals surface area contributed by atoms with Crippen molar-refractivity contribution in [3.8, 4) is 17.3 Å². The van der Waals surface area contributed by atoms with Crippen LogP contribution in [0.3, 0.4) is 0 Å². The van der Waals surface area contributed by atoms with Crippen LogP contribution in [-0.4, -0.2) is 60.1 Å². The maximum atomic E-state index is 12.6. The third-order valence-electron chi connectivity index (χ3n) is 6.06. The first-order chi connectivity index (χ1) is 15.1. The standard InChI is InChI=1S/C24H28N4O2S/c1-17-15-27(10-11-28(17)22(29)9-13-31-2)24-20(14-25)19-8-12-30-16-21(19)23(26-24)18-6-4-3-5-7-18/h3-7,17H,8-13,15-16H2,1-2H3. The first kappa shape index (κ1) is 21.7. The molecule has 31 heavy (non-hydrogen) atoms. The molecule has 2 aromatic rings. The number of thioether (sulfide) groups is 1. The van der Waals surface area contributed by atoms with Crippen molar-refractivity contribution in [2.45, 2.75) is 32.4 Å². The smallest absolute Gasteiger partial charge is 0.223 e. The van der Waals surface area contributed by atoms with Crippen molar-refractivity contribution >= 4 is 23.5 Å². The van der Waals surface area contributed by atoms with Gasteiger partial charge in [0.1, 0.15) is 11.9 Å². The lowest BCUT2D eigenvalue weighted by atomic mass is 9.93. The lowest BCUT2D eigenvalue weighted by Gasteiger charge is -2.41. The van der Waals surface area contributed by atoms with E-state index in [0.717, 1.165) is 40.4 Å². The number of hydrogen-bond donors (Lipinski definition) is 0. The van der Waals surface area contributed by atoms with Crippen molar-refractivity contribution in [2.75, 3.05) is 43.1 Å². The topological polar surface area (TPSA) is 69.5 Å². The van der Waals surface area contributed by atoms with Crippen LogP contribution in [0.4, 0.5) is 5.82 Å². The molecule has 6 nitrogen and oxygen atoms in total. The Balaban J connectivity index is 1.69. The molecule has 1 unspecified atom stereocenters. The highest BCUT2D eigenvalue weighted by Gasteiger charge is 2.31. The van der Waals surface area contributed by atoms with E-state index in [1.807, 2.05) is 29.4 Å². The Bertz CT molecular complexity index is 989. The second-order valence-electron chi connectivity index (χ2n) is 8.02. The van der Waals surface area contributed by atoms with E-state index in [1.54, 1.807) is 11.8 Å². The maximum Gasteiger partial charge on any atom is 0.223 e. The van der Waals surface area contributed by atoms with Crippen LogP contribution in [-0.2, 0) is 22.6 Å². The fourth-order valence-electron chi connectivity index (χ4n) is 4.47. The fraction of sp³-hybridized carbons (Fsp3) is 0.458. The molecular weight excluding hydrogens is 408 g/mol. The lowest BCUT2D eigenvalue weighted by Crippen LogP contribution is -2.54. The van der Waals surface area contributed by atoms with Gasteiger partial charge in [0.25, 0.3) is 0 Å². The van der Waals surface area contributed by atoms with Gasteiger partial charge in [-0.15, -0.1) is 0 Å². The normalized spacial score (nSPS) is 18.4. The molecule has 7 heteroatoms. The number of piperazine rings is 1. The van der Waals surface area contributed by atoms with Crippen molar-refractivity contribution in [1.82, 2.24) is 9.88 Å². The van der Waals surface area contributed by atoms with Gasteiger partial charge in [-0.05, 0) is 25.2 Å². The first-order valence-electron chi connectivity index (χ1n) is 10.8. The fourth-order valence-corrected chi connectivity index (χ4v) is 4.85. The molecule has 1 saturated heterocycles. The Labute approximate surface area is 188 Å². The van der Waals surface area contributed by atoms with E-state index in [2.05, 4.69) is 30.0 Å². The van der Waals surface area contributed by atoms with Crippen molar-refractivity contribution in [3.63, 3.8) is 0 Å². The van der Waals surface area contributed by atoms with Crippen molar-refractivity contribution < 1.29 is 9.53 Å². The molecule has 1 fully saturated rings. The number of amides is 1. The summed E-state index contributed by atoms with van der Waals surface area (Å²) in [7, 11) is 0. The van der Waals surface area contributed by atoms with E-state index >= 15 is 0 Å². The Morgan fingerprint density at radius 3 is 2.81 bits per heavy atom. The third-order valence-corrected chi connectivity index (χ3v) is 6.67. The predicted octanol–water partition coefficient (Wildman–Crippen LogP) is 3.48. The zero-order valence-electron chi connectivity index (χ0n) is 18.1. The molecule has 3 heterocycles. The summed E-state index contributed by atoms with van der Waals surface area (Å²) >= 11 is 1.70. The molecule has 0 N–H and O–H groups in total. The number of pyridine rings is 1. The number of hydrogen-bond acceptors (Lipinski definition) is 6. The van der Waals surface area contributed by atoms with Gasteiger partial charge in [-0.25, -0.2) is 4.98 Å². The number of anilines is 1. The predicted molar refractivity (Wildman–Crippen MR) is 124 cm³/mol. The number of nitriles is 1. The highest BCUT2D eigenvalue weighted by atomic mass is 32.2. The molecule has 1 amide bonds. The van der Waals surface area contributed by atoms with Gasteiger partial charge in [0.15, 0.2) is 0 Å². The van der Waals surface area contributed by atoms with Crippen molar-refractivity contribution in [3.05, 3.63) is 47.0 Å². The van der Waals surface area contributed by atoms with E-state index < -0.39 is 0 Å². The number of rotatable bonds is 5. The van der Waals surface area contributed by atoms with Crippen LogP contribution >= 0.6 is 11.8 Å². The van der Waals surface area contributed by atoms with Crippen LogP contribution in [0.2, 0.25) is 0 Å². The molecule has 2 aliphatic rings. The summed E-state index contributed by atoms with van der Waals surface area (Å²) < 4.78 is 5.72. The molecule has 162 valence electrons. The SMILES string of the molecule is CSCCC(=O)N1CCN(c2nc(-c3ccccc3)c3c(c2C#N)CCOC3)CC1C. The molecule has 0 aliphatic carbocycles. The Morgan fingerprint density at radius 1 is 1.29 bits per heavy atom. The van der Waals surface area contributed by atoms with Gasteiger partial charge in [0, 0.05) is 49.0 Å². The summed E-state index contributed by atoms with van der Waals surface area (Å²) in [6, 6.07) is 12.6. The van der Waals surface area contributed by atoms with E-state index in [9.17, 15) is 10.1 Å². The maximum absolute atomic E-state index is 12.6. The van der Waals surface area contributed by atoms with Crippen LogP contribution in [0.15, 0.2) is 30.3 Å². The molecule has 0 saturated carbocycles. The number of aromatic nitrogens is 1. The number of nitrogens with zero attached hydrogens (tertiary/aromatic N) is 4. The van der Waals surface area contributed by atoms with Crippen LogP contribution in [0, 0.1) is 11.3 Å². The summed E-state index contributed by atoms with van der Waals surface area (Å²) in [5, 5.41) is 10.0. The molecule has 1 aromatic carbocycles. The third kappa shape index (κ3) is 4.41.